The van der Waals surface area contributed by atoms with Crippen LogP contribution in [0, 0.1) is 5.41 Å². The van der Waals surface area contributed by atoms with Crippen molar-refractivity contribution in [3.05, 3.63) is 0 Å². The number of rotatable bonds is 8. The lowest BCUT2D eigenvalue weighted by atomic mass is 9.71. The lowest BCUT2D eigenvalue weighted by Gasteiger charge is -2.40. The summed E-state index contributed by atoms with van der Waals surface area (Å²) in [5.74, 6) is -1.54. The van der Waals surface area contributed by atoms with Crippen LogP contribution in [0.15, 0.2) is 0 Å². The third-order valence-electron chi connectivity index (χ3n) is 6.12. The van der Waals surface area contributed by atoms with Crippen LogP contribution in [0.4, 0.5) is 0 Å². The van der Waals surface area contributed by atoms with Gasteiger partial charge in [-0.1, -0.05) is 33.1 Å². The van der Waals surface area contributed by atoms with Crippen LogP contribution < -0.4 is 5.32 Å². The second-order valence-corrected chi connectivity index (χ2v) is 8.20. The fourth-order valence-corrected chi connectivity index (χ4v) is 4.76. The van der Waals surface area contributed by atoms with Crippen LogP contribution >= 0.6 is 0 Å². The smallest absolute Gasteiger partial charge is 0.326 e. The summed E-state index contributed by atoms with van der Waals surface area (Å²) in [5.41, 5.74) is -0.138. The van der Waals surface area contributed by atoms with Crippen molar-refractivity contribution in [2.75, 3.05) is 6.61 Å². The first-order chi connectivity index (χ1) is 12.7. The summed E-state index contributed by atoms with van der Waals surface area (Å²) in [7, 11) is 0. The van der Waals surface area contributed by atoms with E-state index in [9.17, 15) is 19.5 Å². The Balaban J connectivity index is 2.17. The summed E-state index contributed by atoms with van der Waals surface area (Å²) in [4.78, 5) is 38.8. The van der Waals surface area contributed by atoms with Crippen molar-refractivity contribution in [1.29, 1.82) is 0 Å². The number of nitrogens with one attached hydrogen (secondary N) is 1. The van der Waals surface area contributed by atoms with Gasteiger partial charge in [0.05, 0.1) is 12.6 Å². The van der Waals surface area contributed by atoms with Gasteiger partial charge >= 0.3 is 11.9 Å². The summed E-state index contributed by atoms with van der Waals surface area (Å²) >= 11 is 0. The molecule has 0 bridgehead atoms. The molecule has 1 unspecified atom stereocenters. The van der Waals surface area contributed by atoms with E-state index in [2.05, 4.69) is 12.2 Å². The molecular weight excluding hydrogens is 348 g/mol. The molecule has 1 heterocycles. The van der Waals surface area contributed by atoms with Crippen molar-refractivity contribution < 1.29 is 24.2 Å². The molecule has 7 nitrogen and oxygen atoms in total. The van der Waals surface area contributed by atoms with E-state index in [1.807, 2.05) is 6.92 Å². The van der Waals surface area contributed by atoms with Crippen molar-refractivity contribution in [2.45, 2.75) is 96.8 Å². The molecule has 0 radical (unpaired) electrons. The molecule has 154 valence electrons. The highest BCUT2D eigenvalue weighted by atomic mass is 16.5. The third kappa shape index (κ3) is 4.62. The maximum Gasteiger partial charge on any atom is 0.326 e. The quantitative estimate of drug-likeness (QED) is 0.626. The zero-order valence-corrected chi connectivity index (χ0v) is 17.0. The normalized spacial score (nSPS) is 29.7. The minimum Gasteiger partial charge on any atom is -0.480 e. The van der Waals surface area contributed by atoms with Gasteiger partial charge in [0, 0.05) is 6.04 Å². The third-order valence-corrected chi connectivity index (χ3v) is 6.12. The van der Waals surface area contributed by atoms with Crippen molar-refractivity contribution in [2.24, 2.45) is 5.41 Å². The van der Waals surface area contributed by atoms with E-state index < -0.39 is 24.1 Å². The molecule has 7 heteroatoms. The average molecular weight is 383 g/mol. The lowest BCUT2D eigenvalue weighted by Crippen LogP contribution is -2.56. The molecule has 1 saturated heterocycles. The highest BCUT2D eigenvalue weighted by Gasteiger charge is 2.54. The van der Waals surface area contributed by atoms with Crippen LogP contribution in [-0.4, -0.2) is 58.6 Å². The van der Waals surface area contributed by atoms with Crippen molar-refractivity contribution >= 4 is 17.8 Å². The Morgan fingerprint density at radius 2 is 2.00 bits per heavy atom. The number of hydrogen-bond acceptors (Lipinski definition) is 5. The predicted molar refractivity (Wildman–Crippen MR) is 101 cm³/mol. The molecule has 2 rings (SSSR count). The van der Waals surface area contributed by atoms with Crippen LogP contribution in [0.5, 0.6) is 0 Å². The Labute approximate surface area is 161 Å². The highest BCUT2D eigenvalue weighted by molar-refractivity contribution is 5.88. The molecule has 27 heavy (non-hydrogen) atoms. The molecule has 2 fully saturated rings. The number of ether oxygens (including phenoxy) is 1. The topological polar surface area (TPSA) is 95.9 Å². The number of fused-ring (bicyclic) bond motifs is 1. The van der Waals surface area contributed by atoms with Crippen LogP contribution in [0.25, 0.3) is 0 Å². The van der Waals surface area contributed by atoms with Crippen molar-refractivity contribution in [1.82, 2.24) is 10.2 Å². The predicted octanol–water partition coefficient (Wildman–Crippen LogP) is 2.33. The average Bonchev–Trinajstić information content (AvgIpc) is 2.94. The maximum atomic E-state index is 13.2. The second kappa shape index (κ2) is 9.04. The van der Waals surface area contributed by atoms with Crippen LogP contribution in [0.3, 0.4) is 0 Å². The summed E-state index contributed by atoms with van der Waals surface area (Å²) in [5, 5.41) is 12.8. The van der Waals surface area contributed by atoms with Gasteiger partial charge in [0.25, 0.3) is 0 Å². The fourth-order valence-electron chi connectivity index (χ4n) is 4.76. The number of esters is 1. The van der Waals surface area contributed by atoms with Gasteiger partial charge in [-0.2, -0.15) is 0 Å². The van der Waals surface area contributed by atoms with Crippen molar-refractivity contribution in [3.8, 4) is 0 Å². The number of carbonyl (C=O) groups excluding carboxylic acids is 2. The first kappa shape index (κ1) is 21.7. The van der Waals surface area contributed by atoms with E-state index in [0.29, 0.717) is 12.8 Å². The molecule has 0 aromatic heterocycles. The molecule has 1 amide bonds. The van der Waals surface area contributed by atoms with Gasteiger partial charge in [-0.15, -0.1) is 0 Å². The van der Waals surface area contributed by atoms with E-state index in [0.717, 1.165) is 32.1 Å². The number of aliphatic carboxylic acids is 1. The summed E-state index contributed by atoms with van der Waals surface area (Å²) in [6, 6.07) is -2.03. The zero-order chi connectivity index (χ0) is 20.2. The molecule has 1 saturated carbocycles. The second-order valence-electron chi connectivity index (χ2n) is 8.20. The Morgan fingerprint density at radius 3 is 2.59 bits per heavy atom. The number of likely N-dealkylation sites (tertiary alicyclic amines) is 1. The van der Waals surface area contributed by atoms with Gasteiger partial charge < -0.3 is 14.7 Å². The Bertz CT molecular complexity index is 567. The van der Waals surface area contributed by atoms with Gasteiger partial charge in [-0.3, -0.25) is 14.9 Å². The van der Waals surface area contributed by atoms with Gasteiger partial charge in [-0.05, 0) is 44.9 Å². The molecule has 0 spiro atoms. The highest BCUT2D eigenvalue weighted by Crippen LogP contribution is 2.49. The van der Waals surface area contributed by atoms with Gasteiger partial charge in [-0.25, -0.2) is 4.79 Å². The van der Waals surface area contributed by atoms with E-state index in [-0.39, 0.29) is 29.9 Å². The molecule has 1 aliphatic carbocycles. The van der Waals surface area contributed by atoms with Gasteiger partial charge in [0.1, 0.15) is 12.1 Å². The molecule has 5 atom stereocenters. The van der Waals surface area contributed by atoms with E-state index in [4.69, 9.17) is 4.74 Å². The standard InChI is InChI=1S/C20H34N2O5/c1-5-9-14(19(26)27-6-2)21-13(3)17(23)22-15(18(24)25)12-20(4)11-8-7-10-16(20)22/h13-16,21H,5-12H2,1-4H3,(H,24,25)/t13-,14-,15?,16-,20-/m0/s1. The van der Waals surface area contributed by atoms with Crippen LogP contribution in [0.2, 0.25) is 0 Å². The summed E-state index contributed by atoms with van der Waals surface area (Å²) < 4.78 is 5.10. The maximum absolute atomic E-state index is 13.2. The van der Waals surface area contributed by atoms with Crippen LogP contribution in [-0.2, 0) is 19.1 Å². The molecule has 0 aromatic rings. The number of carboxylic acid groups (broad SMARTS) is 1. The van der Waals surface area contributed by atoms with Gasteiger partial charge in [0.15, 0.2) is 0 Å². The number of carbonyl (C=O) groups is 3. The van der Waals surface area contributed by atoms with E-state index in [1.165, 1.54) is 0 Å². The first-order valence-corrected chi connectivity index (χ1v) is 10.2. The minimum absolute atomic E-state index is 0.0451. The Hall–Kier alpha value is -1.63. The number of amides is 1. The molecule has 0 aromatic carbocycles. The van der Waals surface area contributed by atoms with E-state index >= 15 is 0 Å². The molecule has 1 aliphatic heterocycles. The number of hydrogen-bond donors (Lipinski definition) is 2. The molecule has 2 N–H and O–H groups in total. The Kier molecular flexibility index (Phi) is 7.25. The SMILES string of the molecule is CCC[C@H](N[C@@H](C)C(=O)N1C(C(=O)O)C[C@]2(C)CCCC[C@H]12)C(=O)OCC. The van der Waals surface area contributed by atoms with Gasteiger partial charge in [0.2, 0.25) is 5.91 Å². The minimum atomic E-state index is -0.943. The van der Waals surface area contributed by atoms with E-state index in [1.54, 1.807) is 18.7 Å². The summed E-state index contributed by atoms with van der Waals surface area (Å²) in [6.45, 7) is 7.82. The van der Waals surface area contributed by atoms with Crippen LogP contribution in [0.1, 0.15) is 72.6 Å². The lowest BCUT2D eigenvalue weighted by molar-refractivity contribution is -0.152. The number of carboxylic acids is 1. The van der Waals surface area contributed by atoms with Crippen molar-refractivity contribution in [3.63, 3.8) is 0 Å². The molecule has 2 aliphatic rings. The Morgan fingerprint density at radius 1 is 1.30 bits per heavy atom. The summed E-state index contributed by atoms with van der Waals surface area (Å²) in [6.07, 6.45) is 5.74. The zero-order valence-electron chi connectivity index (χ0n) is 17.0. The largest absolute Gasteiger partial charge is 0.480 e. The first-order valence-electron chi connectivity index (χ1n) is 10.2. The number of nitrogens with zero attached hydrogens (tertiary/aromatic N) is 1. The fraction of sp³-hybridized carbons (Fsp3) is 0.850. The monoisotopic (exact) mass is 382 g/mol. The molecular formula is C20H34N2O5.